The normalized spacial score (nSPS) is 15.3. The maximum absolute atomic E-state index is 13.5. The molecule has 2 N–H and O–H groups in total. The highest BCUT2D eigenvalue weighted by Gasteiger charge is 2.23. The van der Waals surface area contributed by atoms with Gasteiger partial charge in [-0.05, 0) is 42.3 Å². The molecule has 0 radical (unpaired) electrons. The van der Waals surface area contributed by atoms with Crippen molar-refractivity contribution >= 4 is 29.9 Å². The molecule has 0 aliphatic carbocycles. The topological polar surface area (TPSA) is 67.4 Å². The first-order valence-corrected chi connectivity index (χ1v) is 10.9. The maximum Gasteiger partial charge on any atom is 0.191 e. The van der Waals surface area contributed by atoms with Crippen molar-refractivity contribution in [3.63, 3.8) is 0 Å². The van der Waals surface area contributed by atoms with E-state index in [1.165, 1.54) is 12.1 Å². The van der Waals surface area contributed by atoms with Crippen LogP contribution in [-0.2, 0) is 11.3 Å². The first-order chi connectivity index (χ1) is 15.6. The third-order valence-electron chi connectivity index (χ3n) is 5.42. The highest BCUT2D eigenvalue weighted by molar-refractivity contribution is 14.0. The molecule has 1 heterocycles. The van der Waals surface area contributed by atoms with Crippen molar-refractivity contribution in [3.05, 3.63) is 59.4 Å². The molecule has 2 aromatic rings. The average Bonchev–Trinajstić information content (AvgIpc) is 2.84. The summed E-state index contributed by atoms with van der Waals surface area (Å²) in [4.78, 5) is 7.10. The summed E-state index contributed by atoms with van der Waals surface area (Å²) in [6, 6.07) is 12.6. The fraction of sp³-hybridized carbons (Fsp3) is 0.458. The van der Waals surface area contributed by atoms with Gasteiger partial charge in [-0.2, -0.15) is 0 Å². The van der Waals surface area contributed by atoms with E-state index in [4.69, 9.17) is 19.2 Å². The average molecular weight is 572 g/mol. The van der Waals surface area contributed by atoms with Crippen LogP contribution in [0.1, 0.15) is 24.1 Å². The molecule has 1 unspecified atom stereocenters. The molecule has 33 heavy (non-hydrogen) atoms. The molecule has 0 amide bonds. The van der Waals surface area contributed by atoms with Gasteiger partial charge in [-0.25, -0.2) is 9.38 Å². The predicted octanol–water partition coefficient (Wildman–Crippen LogP) is 3.59. The number of rotatable bonds is 9. The highest BCUT2D eigenvalue weighted by atomic mass is 127. The van der Waals surface area contributed by atoms with Crippen LogP contribution in [0.5, 0.6) is 11.5 Å². The fourth-order valence-corrected chi connectivity index (χ4v) is 3.72. The van der Waals surface area contributed by atoms with Crippen LogP contribution in [0.15, 0.2) is 47.5 Å². The number of hydrogen-bond acceptors (Lipinski definition) is 5. The van der Waals surface area contributed by atoms with E-state index >= 15 is 0 Å². The summed E-state index contributed by atoms with van der Waals surface area (Å²) in [5, 5.41) is 6.76. The lowest BCUT2D eigenvalue weighted by Gasteiger charge is -2.35. The quantitative estimate of drug-likeness (QED) is 0.272. The molecule has 0 aromatic heterocycles. The zero-order chi connectivity index (χ0) is 22.8. The van der Waals surface area contributed by atoms with Crippen molar-refractivity contribution in [1.82, 2.24) is 15.5 Å². The molecule has 1 fully saturated rings. The van der Waals surface area contributed by atoms with Crippen LogP contribution < -0.4 is 20.1 Å². The molecule has 1 aliphatic rings. The van der Waals surface area contributed by atoms with Crippen LogP contribution in [0.4, 0.5) is 4.39 Å². The van der Waals surface area contributed by atoms with Gasteiger partial charge < -0.3 is 24.8 Å². The van der Waals surface area contributed by atoms with Crippen LogP contribution in [0.25, 0.3) is 0 Å². The Labute approximate surface area is 212 Å². The van der Waals surface area contributed by atoms with E-state index < -0.39 is 0 Å². The third kappa shape index (κ3) is 8.01. The van der Waals surface area contributed by atoms with Gasteiger partial charge in [-0.1, -0.05) is 18.2 Å². The number of aliphatic imine (C=N–C) groups is 1. The van der Waals surface area contributed by atoms with Crippen molar-refractivity contribution in [2.45, 2.75) is 19.5 Å². The zero-order valence-corrected chi connectivity index (χ0v) is 21.8. The van der Waals surface area contributed by atoms with Crippen molar-refractivity contribution in [3.8, 4) is 11.5 Å². The summed E-state index contributed by atoms with van der Waals surface area (Å²) in [6.45, 7) is 6.99. The Balaban J connectivity index is 0.00000385. The Hall–Kier alpha value is -2.11. The van der Waals surface area contributed by atoms with E-state index in [2.05, 4.69) is 15.5 Å². The number of morpholine rings is 1. The first kappa shape index (κ1) is 27.1. The number of halogens is 2. The van der Waals surface area contributed by atoms with Crippen LogP contribution in [0.2, 0.25) is 0 Å². The molecule has 1 atom stereocenters. The van der Waals surface area contributed by atoms with E-state index in [9.17, 15) is 4.39 Å². The molecule has 9 heteroatoms. The summed E-state index contributed by atoms with van der Waals surface area (Å²) in [7, 11) is 3.24. The summed E-state index contributed by atoms with van der Waals surface area (Å²) in [6.07, 6.45) is 0. The van der Waals surface area contributed by atoms with Crippen molar-refractivity contribution in [2.75, 3.05) is 53.6 Å². The summed E-state index contributed by atoms with van der Waals surface area (Å²) >= 11 is 0. The van der Waals surface area contributed by atoms with Crippen LogP contribution in [-0.4, -0.2) is 64.5 Å². The Morgan fingerprint density at radius 1 is 1.06 bits per heavy atom. The van der Waals surface area contributed by atoms with Gasteiger partial charge in [0.05, 0.1) is 40.0 Å². The van der Waals surface area contributed by atoms with Crippen LogP contribution in [0, 0.1) is 5.82 Å². The number of methoxy groups -OCH3 is 2. The van der Waals surface area contributed by atoms with Gasteiger partial charge in [0.1, 0.15) is 5.82 Å². The molecule has 182 valence electrons. The van der Waals surface area contributed by atoms with Gasteiger partial charge in [-0.15, -0.1) is 24.0 Å². The molecular weight excluding hydrogens is 538 g/mol. The molecule has 0 bridgehead atoms. The lowest BCUT2D eigenvalue weighted by atomic mass is 10.0. The standard InChI is InChI=1S/C24H33FN4O3.HI/c1-4-26-24(27-16-18-5-10-22(30-2)23(15-18)31-3)28-17-21(29-11-13-32-14-12-29)19-6-8-20(25)9-7-19;/h5-10,15,21H,4,11-14,16-17H2,1-3H3,(H2,26,27,28);1H. The molecule has 1 saturated heterocycles. The number of nitrogens with zero attached hydrogens (tertiary/aromatic N) is 2. The van der Waals surface area contributed by atoms with E-state index in [1.54, 1.807) is 14.2 Å². The summed E-state index contributed by atoms with van der Waals surface area (Å²) in [5.74, 6) is 1.87. The van der Waals surface area contributed by atoms with E-state index in [0.29, 0.717) is 37.8 Å². The molecular formula is C24H34FIN4O3. The van der Waals surface area contributed by atoms with Crippen LogP contribution in [0.3, 0.4) is 0 Å². The lowest BCUT2D eigenvalue weighted by molar-refractivity contribution is 0.0170. The summed E-state index contributed by atoms with van der Waals surface area (Å²) in [5.41, 5.74) is 2.08. The summed E-state index contributed by atoms with van der Waals surface area (Å²) < 4.78 is 29.7. The van der Waals surface area contributed by atoms with Gasteiger partial charge in [0, 0.05) is 26.2 Å². The number of benzene rings is 2. The molecule has 2 aromatic carbocycles. The molecule has 1 aliphatic heterocycles. The maximum atomic E-state index is 13.5. The fourth-order valence-electron chi connectivity index (χ4n) is 3.72. The Morgan fingerprint density at radius 2 is 1.76 bits per heavy atom. The Kier molecular flexibility index (Phi) is 11.7. The molecule has 3 rings (SSSR count). The number of nitrogens with one attached hydrogen (secondary N) is 2. The second-order valence-electron chi connectivity index (χ2n) is 7.48. The molecule has 7 nitrogen and oxygen atoms in total. The second-order valence-corrected chi connectivity index (χ2v) is 7.48. The monoisotopic (exact) mass is 572 g/mol. The zero-order valence-electron chi connectivity index (χ0n) is 19.5. The Bertz CT molecular complexity index is 877. The Morgan fingerprint density at radius 3 is 2.39 bits per heavy atom. The number of ether oxygens (including phenoxy) is 3. The number of hydrogen-bond donors (Lipinski definition) is 2. The molecule has 0 saturated carbocycles. The van der Waals surface area contributed by atoms with E-state index in [-0.39, 0.29) is 35.8 Å². The third-order valence-corrected chi connectivity index (χ3v) is 5.42. The SMILES string of the molecule is CCNC(=NCc1ccc(OC)c(OC)c1)NCC(c1ccc(F)cc1)N1CCOCC1.I. The smallest absolute Gasteiger partial charge is 0.191 e. The largest absolute Gasteiger partial charge is 0.493 e. The van der Waals surface area contributed by atoms with Gasteiger partial charge in [0.15, 0.2) is 17.5 Å². The van der Waals surface area contributed by atoms with Crippen molar-refractivity contribution < 1.29 is 18.6 Å². The minimum absolute atomic E-state index is 0. The van der Waals surface area contributed by atoms with E-state index in [1.807, 2.05) is 37.3 Å². The van der Waals surface area contributed by atoms with Gasteiger partial charge >= 0.3 is 0 Å². The van der Waals surface area contributed by atoms with Crippen molar-refractivity contribution in [1.29, 1.82) is 0 Å². The van der Waals surface area contributed by atoms with Gasteiger partial charge in [0.2, 0.25) is 0 Å². The lowest BCUT2D eigenvalue weighted by Crippen LogP contribution is -2.46. The predicted molar refractivity (Wildman–Crippen MR) is 139 cm³/mol. The minimum atomic E-state index is -0.229. The van der Waals surface area contributed by atoms with Gasteiger partial charge in [-0.3, -0.25) is 4.90 Å². The van der Waals surface area contributed by atoms with Gasteiger partial charge in [0.25, 0.3) is 0 Å². The van der Waals surface area contributed by atoms with E-state index in [0.717, 1.165) is 36.7 Å². The second kappa shape index (κ2) is 14.2. The minimum Gasteiger partial charge on any atom is -0.493 e. The highest BCUT2D eigenvalue weighted by Crippen LogP contribution is 2.27. The van der Waals surface area contributed by atoms with Crippen molar-refractivity contribution in [2.24, 2.45) is 4.99 Å². The number of guanidine groups is 1. The van der Waals surface area contributed by atoms with Crippen LogP contribution >= 0.6 is 24.0 Å². The molecule has 0 spiro atoms. The first-order valence-electron chi connectivity index (χ1n) is 10.9.